The third-order valence-corrected chi connectivity index (χ3v) is 1.80. The molecule has 0 heterocycles. The quantitative estimate of drug-likeness (QED) is 0.610. The van der Waals surface area contributed by atoms with Gasteiger partial charge in [0.2, 0.25) is 5.82 Å². The van der Waals surface area contributed by atoms with E-state index in [1.54, 1.807) is 19.2 Å². The minimum absolute atomic E-state index is 0.499. The molecule has 0 unspecified atom stereocenters. The minimum Gasteiger partial charge on any atom is -0.316 e. The fraction of sp³-hybridized carbons (Fsp3) is 0.200. The highest BCUT2D eigenvalue weighted by Gasteiger charge is 2.12. The molecule has 0 spiro atoms. The highest BCUT2D eigenvalue weighted by atomic mass is 19.1. The van der Waals surface area contributed by atoms with E-state index >= 15 is 0 Å². The molecule has 0 fully saturated rings. The third kappa shape index (κ3) is 3.14. The van der Waals surface area contributed by atoms with Gasteiger partial charge in [0.25, 0.3) is 0 Å². The van der Waals surface area contributed by atoms with Gasteiger partial charge in [0.1, 0.15) is 0 Å². The van der Waals surface area contributed by atoms with Crippen molar-refractivity contribution in [2.75, 3.05) is 13.6 Å². The van der Waals surface area contributed by atoms with Crippen LogP contribution in [0.4, 0.5) is 10.1 Å². The van der Waals surface area contributed by atoms with Crippen LogP contribution in [-0.2, 0) is 0 Å². The Morgan fingerprint density at radius 2 is 2.33 bits per heavy atom. The smallest absolute Gasteiger partial charge is 0.305 e. The molecular formula is C10H11FN2O2. The zero-order chi connectivity index (χ0) is 11.3. The van der Waals surface area contributed by atoms with Crippen molar-refractivity contribution in [3.8, 4) is 0 Å². The maximum Gasteiger partial charge on any atom is 0.305 e. The highest BCUT2D eigenvalue weighted by Crippen LogP contribution is 2.19. The second-order valence-electron chi connectivity index (χ2n) is 2.93. The van der Waals surface area contributed by atoms with Crippen LogP contribution in [0.1, 0.15) is 5.56 Å². The fourth-order valence-corrected chi connectivity index (χ4v) is 1.09. The number of nitrogens with one attached hydrogen (secondary N) is 1. The van der Waals surface area contributed by atoms with Crippen molar-refractivity contribution in [2.45, 2.75) is 0 Å². The molecule has 4 nitrogen and oxygen atoms in total. The van der Waals surface area contributed by atoms with Crippen LogP contribution in [0.25, 0.3) is 6.08 Å². The van der Waals surface area contributed by atoms with Gasteiger partial charge in [0.15, 0.2) is 0 Å². The van der Waals surface area contributed by atoms with Crippen molar-refractivity contribution >= 4 is 11.8 Å². The molecule has 0 amide bonds. The Balaban J connectivity index is 2.92. The molecule has 0 bridgehead atoms. The number of halogens is 1. The van der Waals surface area contributed by atoms with Crippen LogP contribution in [0.5, 0.6) is 0 Å². The predicted molar refractivity (Wildman–Crippen MR) is 56.0 cm³/mol. The molecule has 0 aromatic heterocycles. The first-order chi connectivity index (χ1) is 7.15. The monoisotopic (exact) mass is 210 g/mol. The summed E-state index contributed by atoms with van der Waals surface area (Å²) in [5, 5.41) is 13.3. The molecule has 1 aromatic rings. The molecule has 0 aliphatic carbocycles. The van der Waals surface area contributed by atoms with E-state index in [1.807, 2.05) is 0 Å². The van der Waals surface area contributed by atoms with E-state index in [9.17, 15) is 14.5 Å². The van der Waals surface area contributed by atoms with E-state index in [0.29, 0.717) is 12.1 Å². The van der Waals surface area contributed by atoms with Gasteiger partial charge in [0, 0.05) is 12.6 Å². The maximum absolute atomic E-state index is 12.9. The van der Waals surface area contributed by atoms with E-state index in [1.165, 1.54) is 12.1 Å². The number of benzene rings is 1. The van der Waals surface area contributed by atoms with Crippen molar-refractivity contribution in [3.63, 3.8) is 0 Å². The lowest BCUT2D eigenvalue weighted by Gasteiger charge is -1.96. The number of rotatable bonds is 4. The Morgan fingerprint density at radius 3 is 2.93 bits per heavy atom. The first-order valence-electron chi connectivity index (χ1n) is 4.40. The van der Waals surface area contributed by atoms with Crippen molar-refractivity contribution < 1.29 is 9.31 Å². The van der Waals surface area contributed by atoms with Crippen molar-refractivity contribution in [1.29, 1.82) is 0 Å². The van der Waals surface area contributed by atoms with Crippen LogP contribution in [0.3, 0.4) is 0 Å². The van der Waals surface area contributed by atoms with Crippen LogP contribution in [0, 0.1) is 15.9 Å². The zero-order valence-corrected chi connectivity index (χ0v) is 8.24. The van der Waals surface area contributed by atoms with E-state index in [2.05, 4.69) is 5.32 Å². The molecule has 80 valence electrons. The third-order valence-electron chi connectivity index (χ3n) is 1.80. The standard InChI is InChI=1S/C10H11FN2O2/c1-12-6-2-3-8-4-5-9(11)10(7-8)13(14)15/h2-5,7,12H,6H2,1H3. The average molecular weight is 210 g/mol. The van der Waals surface area contributed by atoms with Crippen LogP contribution in [0.2, 0.25) is 0 Å². The summed E-state index contributed by atoms with van der Waals surface area (Å²) in [6.07, 6.45) is 3.50. The predicted octanol–water partition coefficient (Wildman–Crippen LogP) is 1.97. The Bertz CT molecular complexity index is 391. The minimum atomic E-state index is -0.814. The topological polar surface area (TPSA) is 55.2 Å². The molecule has 0 aliphatic rings. The molecule has 1 rings (SSSR count). The lowest BCUT2D eigenvalue weighted by molar-refractivity contribution is -0.387. The first kappa shape index (κ1) is 11.3. The SMILES string of the molecule is CNCC=Cc1ccc(F)c([N+](=O)[O-])c1. The second-order valence-corrected chi connectivity index (χ2v) is 2.93. The Morgan fingerprint density at radius 1 is 1.60 bits per heavy atom. The van der Waals surface area contributed by atoms with Crippen LogP contribution in [0.15, 0.2) is 24.3 Å². The van der Waals surface area contributed by atoms with Gasteiger partial charge in [-0.2, -0.15) is 4.39 Å². The molecule has 1 N–H and O–H groups in total. The highest BCUT2D eigenvalue weighted by molar-refractivity contribution is 5.53. The van der Waals surface area contributed by atoms with Gasteiger partial charge in [-0.3, -0.25) is 10.1 Å². The van der Waals surface area contributed by atoms with Gasteiger partial charge in [-0.25, -0.2) is 0 Å². The van der Waals surface area contributed by atoms with Gasteiger partial charge >= 0.3 is 5.69 Å². The van der Waals surface area contributed by atoms with Crippen molar-refractivity contribution in [2.24, 2.45) is 0 Å². The second kappa shape index (κ2) is 5.21. The zero-order valence-electron chi connectivity index (χ0n) is 8.24. The average Bonchev–Trinajstić information content (AvgIpc) is 2.20. The van der Waals surface area contributed by atoms with Gasteiger partial charge in [-0.1, -0.05) is 18.2 Å². The summed E-state index contributed by atoms with van der Waals surface area (Å²) < 4.78 is 12.9. The van der Waals surface area contributed by atoms with Crippen molar-refractivity contribution in [3.05, 3.63) is 45.8 Å². The van der Waals surface area contributed by atoms with E-state index in [-0.39, 0.29) is 0 Å². The summed E-state index contributed by atoms with van der Waals surface area (Å²) in [7, 11) is 1.79. The van der Waals surface area contributed by atoms with E-state index in [4.69, 9.17) is 0 Å². The largest absolute Gasteiger partial charge is 0.316 e. The molecule has 5 heteroatoms. The van der Waals surface area contributed by atoms with Gasteiger partial charge in [-0.05, 0) is 18.7 Å². The summed E-state index contributed by atoms with van der Waals surface area (Å²) in [6.45, 7) is 0.658. The number of hydrogen-bond acceptors (Lipinski definition) is 3. The molecule has 0 aliphatic heterocycles. The fourth-order valence-electron chi connectivity index (χ4n) is 1.09. The van der Waals surface area contributed by atoms with Crippen LogP contribution < -0.4 is 5.32 Å². The van der Waals surface area contributed by atoms with Gasteiger partial charge in [0.05, 0.1) is 4.92 Å². The molecule has 0 radical (unpaired) electrons. The van der Waals surface area contributed by atoms with Crippen LogP contribution >= 0.6 is 0 Å². The maximum atomic E-state index is 12.9. The summed E-state index contributed by atoms with van der Waals surface area (Å²) in [5.74, 6) is -0.814. The molecular weight excluding hydrogens is 199 g/mol. The van der Waals surface area contributed by atoms with E-state index < -0.39 is 16.4 Å². The number of hydrogen-bond donors (Lipinski definition) is 1. The summed E-state index contributed by atoms with van der Waals surface area (Å²) in [4.78, 5) is 9.70. The Labute approximate surface area is 86.6 Å². The molecule has 0 atom stereocenters. The van der Waals surface area contributed by atoms with E-state index in [0.717, 1.165) is 6.07 Å². The number of nitro benzene ring substituents is 1. The van der Waals surface area contributed by atoms with Gasteiger partial charge in [-0.15, -0.1) is 0 Å². The number of nitro groups is 1. The van der Waals surface area contributed by atoms with Gasteiger partial charge < -0.3 is 5.32 Å². The summed E-state index contributed by atoms with van der Waals surface area (Å²) >= 11 is 0. The Kier molecular flexibility index (Phi) is 3.93. The number of likely N-dealkylation sites (N-methyl/N-ethyl adjacent to an activating group) is 1. The van der Waals surface area contributed by atoms with Crippen LogP contribution in [-0.4, -0.2) is 18.5 Å². The molecule has 1 aromatic carbocycles. The lowest BCUT2D eigenvalue weighted by atomic mass is 10.2. The molecule has 15 heavy (non-hydrogen) atoms. The Hall–Kier alpha value is -1.75. The molecule has 0 saturated heterocycles. The number of nitrogens with zero attached hydrogens (tertiary/aromatic N) is 1. The normalized spacial score (nSPS) is 10.8. The lowest BCUT2D eigenvalue weighted by Crippen LogP contribution is -2.03. The summed E-state index contributed by atoms with van der Waals surface area (Å²) in [5.41, 5.74) is 0.111. The first-order valence-corrected chi connectivity index (χ1v) is 4.40. The summed E-state index contributed by atoms with van der Waals surface area (Å²) in [6, 6.07) is 3.80. The molecule has 0 saturated carbocycles. The van der Waals surface area contributed by atoms with Crippen molar-refractivity contribution in [1.82, 2.24) is 5.32 Å².